The molecular weight excluding hydrogens is 430 g/mol. The summed E-state index contributed by atoms with van der Waals surface area (Å²) in [5.41, 5.74) is 2.03. The second kappa shape index (κ2) is 10.6. The summed E-state index contributed by atoms with van der Waals surface area (Å²) < 4.78 is 4.61. The Hall–Kier alpha value is -4.35. The van der Waals surface area contributed by atoms with Crippen LogP contribution in [-0.2, 0) is 0 Å². The van der Waals surface area contributed by atoms with Crippen LogP contribution in [0.5, 0.6) is 0 Å². The lowest BCUT2D eigenvalue weighted by atomic mass is 10.1. The van der Waals surface area contributed by atoms with Gasteiger partial charge in [0.2, 0.25) is 5.95 Å². The van der Waals surface area contributed by atoms with Crippen LogP contribution in [-0.4, -0.2) is 23.3 Å². The predicted molar refractivity (Wildman–Crippen MR) is 123 cm³/mol. The molecule has 32 heavy (non-hydrogen) atoms. The van der Waals surface area contributed by atoms with Crippen LogP contribution in [0.15, 0.2) is 76.1 Å². The lowest BCUT2D eigenvalue weighted by Crippen LogP contribution is -2.16. The van der Waals surface area contributed by atoms with Gasteiger partial charge in [-0.15, -0.1) is 0 Å². The Kier molecular flexibility index (Phi) is 7.41. The van der Waals surface area contributed by atoms with Crippen molar-refractivity contribution in [2.75, 3.05) is 17.7 Å². The van der Waals surface area contributed by atoms with Crippen molar-refractivity contribution in [2.45, 2.75) is 0 Å². The third-order valence-electron chi connectivity index (χ3n) is 4.22. The summed E-state index contributed by atoms with van der Waals surface area (Å²) in [6.45, 7) is 0. The van der Waals surface area contributed by atoms with Gasteiger partial charge in [-0.1, -0.05) is 23.7 Å². The Labute approximate surface area is 188 Å². The summed E-state index contributed by atoms with van der Waals surface area (Å²) in [6.07, 6.45) is 2.13. The van der Waals surface area contributed by atoms with Gasteiger partial charge >= 0.3 is 0 Å². The molecule has 0 bridgehead atoms. The smallest absolute Gasteiger partial charge is 0.270 e. The number of nitriles is 1. The van der Waals surface area contributed by atoms with Gasteiger partial charge < -0.3 is 15.1 Å². The number of anilines is 3. The summed E-state index contributed by atoms with van der Waals surface area (Å²) in [5.74, 6) is 0.621. The number of furan rings is 1. The quantitative estimate of drug-likeness (QED) is 0.374. The molecule has 0 unspecified atom stereocenters. The first-order valence-electron chi connectivity index (χ1n) is 9.38. The van der Waals surface area contributed by atoms with Gasteiger partial charge in [-0.25, -0.2) is 4.98 Å². The minimum atomic E-state index is -0.501. The normalized spacial score (nSPS) is 9.78. The Morgan fingerprint density at radius 1 is 1.12 bits per heavy atom. The number of hydrogen-bond donors (Lipinski definition) is 3. The molecule has 0 aliphatic carbocycles. The van der Waals surface area contributed by atoms with Crippen molar-refractivity contribution >= 4 is 35.2 Å². The monoisotopic (exact) mass is 447 g/mol. The standard InChI is InChI=1S/C18H14ClN5O.C5H4O2/c1-21-14-4-2-3-11(9-14)16-15(10-20)17(25)24-18(23-16)22-13-7-5-12(19)6-8-13;6-4-5-2-1-3-7-5/h2-9,21H,1H3,(H2,22,23,24,25);1-4H. The van der Waals surface area contributed by atoms with Crippen molar-refractivity contribution in [3.63, 3.8) is 0 Å². The molecule has 0 amide bonds. The van der Waals surface area contributed by atoms with Crippen molar-refractivity contribution < 1.29 is 9.21 Å². The van der Waals surface area contributed by atoms with E-state index in [-0.39, 0.29) is 11.5 Å². The number of aromatic nitrogens is 2. The molecule has 2 aromatic heterocycles. The number of benzene rings is 2. The number of aromatic amines is 1. The van der Waals surface area contributed by atoms with Crippen molar-refractivity contribution in [1.29, 1.82) is 5.26 Å². The van der Waals surface area contributed by atoms with E-state index in [0.29, 0.717) is 34.0 Å². The molecule has 8 nitrogen and oxygen atoms in total. The summed E-state index contributed by atoms with van der Waals surface area (Å²) >= 11 is 5.87. The van der Waals surface area contributed by atoms with Gasteiger partial charge in [0.05, 0.1) is 12.0 Å². The number of halogens is 1. The second-order valence-electron chi connectivity index (χ2n) is 6.35. The van der Waals surface area contributed by atoms with E-state index in [0.717, 1.165) is 5.69 Å². The highest BCUT2D eigenvalue weighted by molar-refractivity contribution is 6.30. The van der Waals surface area contributed by atoms with Crippen LogP contribution in [0.4, 0.5) is 17.3 Å². The average Bonchev–Trinajstić information content (AvgIpc) is 3.35. The fourth-order valence-electron chi connectivity index (χ4n) is 2.70. The third kappa shape index (κ3) is 5.62. The van der Waals surface area contributed by atoms with Crippen molar-refractivity contribution in [3.05, 3.63) is 93.6 Å². The first-order chi connectivity index (χ1) is 15.5. The number of carbonyl (C=O) groups is 1. The number of rotatable bonds is 5. The van der Waals surface area contributed by atoms with Crippen molar-refractivity contribution in [2.24, 2.45) is 0 Å². The molecule has 0 radical (unpaired) electrons. The average molecular weight is 448 g/mol. The molecule has 0 saturated carbocycles. The lowest BCUT2D eigenvalue weighted by Gasteiger charge is -2.10. The van der Waals surface area contributed by atoms with Crippen LogP contribution in [0.2, 0.25) is 5.02 Å². The van der Waals surface area contributed by atoms with Crippen LogP contribution in [0.25, 0.3) is 11.3 Å². The Bertz CT molecular complexity index is 1290. The van der Waals surface area contributed by atoms with E-state index in [2.05, 4.69) is 25.0 Å². The van der Waals surface area contributed by atoms with Gasteiger partial charge in [-0.3, -0.25) is 14.6 Å². The zero-order valence-corrected chi connectivity index (χ0v) is 17.7. The van der Waals surface area contributed by atoms with E-state index in [4.69, 9.17) is 11.6 Å². The summed E-state index contributed by atoms with van der Waals surface area (Å²) in [4.78, 5) is 29.0. The van der Waals surface area contributed by atoms with Crippen molar-refractivity contribution in [3.8, 4) is 17.3 Å². The SMILES string of the molecule is CNc1cccc(-c2nc(Nc3ccc(Cl)cc3)[nH]c(=O)c2C#N)c1.O=Cc1ccco1. The zero-order valence-electron chi connectivity index (χ0n) is 16.9. The molecule has 4 rings (SSSR count). The Morgan fingerprint density at radius 2 is 1.91 bits per heavy atom. The largest absolute Gasteiger partial charge is 0.462 e. The molecule has 160 valence electrons. The second-order valence-corrected chi connectivity index (χ2v) is 6.78. The minimum absolute atomic E-state index is 0.0325. The first kappa shape index (κ1) is 22.3. The molecule has 0 atom stereocenters. The van der Waals surface area contributed by atoms with E-state index in [1.165, 1.54) is 6.26 Å². The highest BCUT2D eigenvalue weighted by Gasteiger charge is 2.14. The summed E-state index contributed by atoms with van der Waals surface area (Å²) in [5, 5.41) is 16.0. The fourth-order valence-corrected chi connectivity index (χ4v) is 2.82. The molecular formula is C23H18ClN5O3. The first-order valence-corrected chi connectivity index (χ1v) is 9.75. The summed E-state index contributed by atoms with van der Waals surface area (Å²) in [7, 11) is 1.79. The van der Waals surface area contributed by atoms with E-state index >= 15 is 0 Å². The van der Waals surface area contributed by atoms with Crippen LogP contribution in [0.3, 0.4) is 0 Å². The van der Waals surface area contributed by atoms with Crippen LogP contribution in [0.1, 0.15) is 16.1 Å². The number of carbonyl (C=O) groups excluding carboxylic acids is 1. The highest BCUT2D eigenvalue weighted by atomic mass is 35.5. The van der Waals surface area contributed by atoms with Gasteiger partial charge in [0.1, 0.15) is 11.6 Å². The van der Waals surface area contributed by atoms with Gasteiger partial charge in [-0.2, -0.15) is 5.26 Å². The molecule has 0 aliphatic heterocycles. The van der Waals surface area contributed by atoms with Gasteiger partial charge in [0.25, 0.3) is 5.56 Å². The molecule has 0 fully saturated rings. The topological polar surface area (TPSA) is 124 Å². The molecule has 2 heterocycles. The number of hydrogen-bond acceptors (Lipinski definition) is 7. The number of nitrogens with zero attached hydrogens (tertiary/aromatic N) is 2. The highest BCUT2D eigenvalue weighted by Crippen LogP contribution is 2.24. The van der Waals surface area contributed by atoms with Gasteiger partial charge in [0, 0.05) is 29.0 Å². The number of aldehydes is 1. The fraction of sp³-hybridized carbons (Fsp3) is 0.0435. The third-order valence-corrected chi connectivity index (χ3v) is 4.47. The van der Waals surface area contributed by atoms with E-state index in [1.54, 1.807) is 49.5 Å². The molecule has 0 saturated heterocycles. The minimum Gasteiger partial charge on any atom is -0.462 e. The molecule has 2 aromatic carbocycles. The Balaban J connectivity index is 0.000000352. The van der Waals surface area contributed by atoms with Gasteiger partial charge in [-0.05, 0) is 48.5 Å². The maximum absolute atomic E-state index is 12.3. The molecule has 0 aliphatic rings. The van der Waals surface area contributed by atoms with E-state index in [9.17, 15) is 14.9 Å². The molecule has 9 heteroatoms. The number of H-pyrrole nitrogens is 1. The Morgan fingerprint density at radius 3 is 2.50 bits per heavy atom. The predicted octanol–water partition coefficient (Wildman–Crippen LogP) is 4.84. The maximum atomic E-state index is 12.3. The van der Waals surface area contributed by atoms with Crippen LogP contribution < -0.4 is 16.2 Å². The molecule has 0 spiro atoms. The van der Waals surface area contributed by atoms with Crippen LogP contribution in [0, 0.1) is 11.3 Å². The van der Waals surface area contributed by atoms with Crippen molar-refractivity contribution in [1.82, 2.24) is 9.97 Å². The van der Waals surface area contributed by atoms with Crippen LogP contribution >= 0.6 is 11.6 Å². The zero-order chi connectivity index (χ0) is 22.9. The van der Waals surface area contributed by atoms with E-state index in [1.807, 2.05) is 24.3 Å². The van der Waals surface area contributed by atoms with Gasteiger partial charge in [0.15, 0.2) is 12.0 Å². The maximum Gasteiger partial charge on any atom is 0.270 e. The summed E-state index contributed by atoms with van der Waals surface area (Å²) in [6, 6.07) is 19.5. The lowest BCUT2D eigenvalue weighted by molar-refractivity contribution is 0.110. The number of nitrogens with one attached hydrogen (secondary N) is 3. The molecule has 3 N–H and O–H groups in total. The molecule has 4 aromatic rings. The van der Waals surface area contributed by atoms with E-state index < -0.39 is 5.56 Å².